The molecule has 0 aliphatic rings. The molecule has 0 fully saturated rings. The van der Waals surface area contributed by atoms with E-state index in [0.717, 1.165) is 0 Å². The van der Waals surface area contributed by atoms with Gasteiger partial charge in [0.05, 0.1) is 0 Å². The van der Waals surface area contributed by atoms with Crippen molar-refractivity contribution in [1.29, 1.82) is 0 Å². The Morgan fingerprint density at radius 1 is 1.89 bits per heavy atom. The number of tetrazole rings is 1. The normalized spacial score (nSPS) is 13.6. The first kappa shape index (κ1) is 6.72. The van der Waals surface area contributed by atoms with Gasteiger partial charge in [0.15, 0.2) is 0 Å². The lowest BCUT2D eigenvalue weighted by Gasteiger charge is -1.95. The number of halogens is 1. The zero-order valence-corrected chi connectivity index (χ0v) is 6.86. The predicted octanol–water partition coefficient (Wildman–Crippen LogP) is -0.0801. The average molecular weight is 240 g/mol. The van der Waals surface area contributed by atoms with Gasteiger partial charge in [-0.25, -0.2) is 9.89 Å². The van der Waals surface area contributed by atoms with E-state index in [9.17, 15) is 4.79 Å². The van der Waals surface area contributed by atoms with Gasteiger partial charge in [-0.2, -0.15) is 4.68 Å². The lowest BCUT2D eigenvalue weighted by molar-refractivity contribution is 0.614. The summed E-state index contributed by atoms with van der Waals surface area (Å²) in [6.07, 6.45) is 0. The highest BCUT2D eigenvalue weighted by molar-refractivity contribution is 14.1. The van der Waals surface area contributed by atoms with Gasteiger partial charge in [0.25, 0.3) is 0 Å². The zero-order valence-electron chi connectivity index (χ0n) is 4.71. The number of hydrogen-bond acceptors (Lipinski definition) is 3. The first-order chi connectivity index (χ1) is 4.22. The van der Waals surface area contributed by atoms with E-state index < -0.39 is 0 Å². The second-order valence-electron chi connectivity index (χ2n) is 1.52. The van der Waals surface area contributed by atoms with Crippen molar-refractivity contribution in [2.24, 2.45) is 0 Å². The smallest absolute Gasteiger partial charge is 0.244 e. The summed E-state index contributed by atoms with van der Waals surface area (Å²) in [5.41, 5.74) is -0.267. The molecule has 0 saturated heterocycles. The van der Waals surface area contributed by atoms with Crippen molar-refractivity contribution >= 4 is 22.6 Å². The van der Waals surface area contributed by atoms with Crippen LogP contribution in [-0.2, 0) is 0 Å². The van der Waals surface area contributed by atoms with Crippen molar-refractivity contribution in [3.63, 3.8) is 0 Å². The number of aromatic nitrogens is 4. The van der Waals surface area contributed by atoms with Crippen LogP contribution in [0.1, 0.15) is 11.0 Å². The highest BCUT2D eigenvalue weighted by Gasteiger charge is 2.02. The quantitative estimate of drug-likeness (QED) is 0.551. The first-order valence-corrected chi connectivity index (χ1v) is 3.60. The summed E-state index contributed by atoms with van der Waals surface area (Å²) in [5, 5.41) is 9.01. The molecule has 0 radical (unpaired) electrons. The van der Waals surface area contributed by atoms with Gasteiger partial charge in [-0.15, -0.1) is 0 Å². The van der Waals surface area contributed by atoms with Gasteiger partial charge < -0.3 is 0 Å². The van der Waals surface area contributed by atoms with Gasteiger partial charge in [0.2, 0.25) is 0 Å². The molecule has 0 bridgehead atoms. The van der Waals surface area contributed by atoms with Gasteiger partial charge in [0.1, 0.15) is 4.05 Å². The van der Waals surface area contributed by atoms with E-state index in [-0.39, 0.29) is 9.74 Å². The van der Waals surface area contributed by atoms with Crippen LogP contribution in [0.4, 0.5) is 0 Å². The van der Waals surface area contributed by atoms with Crippen LogP contribution in [0.15, 0.2) is 4.79 Å². The predicted molar refractivity (Wildman–Crippen MR) is 39.4 cm³/mol. The van der Waals surface area contributed by atoms with E-state index in [2.05, 4.69) is 38.1 Å². The average Bonchev–Trinajstić information content (AvgIpc) is 2.13. The number of nitrogens with zero attached hydrogens (tertiary/aromatic N) is 3. The fourth-order valence-corrected chi connectivity index (χ4v) is 0.802. The highest BCUT2D eigenvalue weighted by Crippen LogP contribution is 2.07. The fraction of sp³-hybridized carbons (Fsp3) is 0.667. The number of hydrogen-bond donors (Lipinski definition) is 1. The summed E-state index contributed by atoms with van der Waals surface area (Å²) >= 11 is 2.07. The molecule has 0 spiro atoms. The molecule has 0 saturated carbocycles. The van der Waals surface area contributed by atoms with Gasteiger partial charge >= 0.3 is 5.69 Å². The molecule has 0 aliphatic carbocycles. The molecule has 6 heteroatoms. The van der Waals surface area contributed by atoms with E-state index in [1.165, 1.54) is 4.68 Å². The van der Waals surface area contributed by atoms with Crippen LogP contribution in [0.3, 0.4) is 0 Å². The van der Waals surface area contributed by atoms with Crippen molar-refractivity contribution in [1.82, 2.24) is 20.2 Å². The minimum Gasteiger partial charge on any atom is -0.244 e. The van der Waals surface area contributed by atoms with Crippen LogP contribution in [0.2, 0.25) is 0 Å². The lowest BCUT2D eigenvalue weighted by Crippen LogP contribution is -2.18. The Hall–Kier alpha value is -0.400. The minimum absolute atomic E-state index is 0.0499. The Balaban J connectivity index is 3.08. The highest BCUT2D eigenvalue weighted by atomic mass is 127. The van der Waals surface area contributed by atoms with Crippen LogP contribution in [-0.4, -0.2) is 20.2 Å². The second-order valence-corrected chi connectivity index (χ2v) is 3.33. The molecule has 1 atom stereocenters. The molecule has 1 N–H and O–H groups in total. The molecule has 50 valence electrons. The maximum absolute atomic E-state index is 10.6. The van der Waals surface area contributed by atoms with Crippen molar-refractivity contribution in [2.45, 2.75) is 11.0 Å². The summed E-state index contributed by atoms with van der Waals surface area (Å²) in [4.78, 5) is 10.6. The summed E-state index contributed by atoms with van der Waals surface area (Å²) in [6, 6.07) is 0. The van der Waals surface area contributed by atoms with Crippen molar-refractivity contribution in [2.75, 3.05) is 0 Å². The topological polar surface area (TPSA) is 63.6 Å². The standard InChI is InChI=1S/C3H5IN4O/c1-2(4)8-3(9)5-6-7-8/h2H,1H3,(H,5,7,9). The Kier molecular flexibility index (Phi) is 1.84. The van der Waals surface area contributed by atoms with Crippen LogP contribution in [0.25, 0.3) is 0 Å². The molecule has 1 unspecified atom stereocenters. The molecule has 5 nitrogen and oxygen atoms in total. The number of alkyl halides is 1. The number of aromatic amines is 1. The fourth-order valence-electron chi connectivity index (χ4n) is 0.438. The molecule has 0 amide bonds. The lowest BCUT2D eigenvalue weighted by atomic mass is 10.8. The number of nitrogens with one attached hydrogen (secondary N) is 1. The van der Waals surface area contributed by atoms with Gasteiger partial charge in [-0.05, 0) is 17.4 Å². The van der Waals surface area contributed by atoms with Crippen LogP contribution >= 0.6 is 22.6 Å². The third-order valence-electron chi connectivity index (χ3n) is 0.832. The van der Waals surface area contributed by atoms with Crippen molar-refractivity contribution in [3.8, 4) is 0 Å². The molecule has 1 aromatic heterocycles. The van der Waals surface area contributed by atoms with E-state index in [0.29, 0.717) is 0 Å². The van der Waals surface area contributed by atoms with E-state index in [1.54, 1.807) is 0 Å². The molecule has 1 rings (SSSR count). The molecular weight excluding hydrogens is 235 g/mol. The minimum atomic E-state index is -0.267. The number of H-pyrrole nitrogens is 1. The third-order valence-corrected chi connectivity index (χ3v) is 1.36. The number of rotatable bonds is 1. The van der Waals surface area contributed by atoms with E-state index in [1.807, 2.05) is 6.92 Å². The Bertz CT molecular complexity index is 238. The van der Waals surface area contributed by atoms with Crippen LogP contribution in [0, 0.1) is 0 Å². The van der Waals surface area contributed by atoms with Crippen LogP contribution < -0.4 is 5.69 Å². The molecular formula is C3H5IN4O. The molecule has 0 aliphatic heterocycles. The van der Waals surface area contributed by atoms with Crippen molar-refractivity contribution < 1.29 is 0 Å². The second kappa shape index (κ2) is 2.46. The first-order valence-electron chi connectivity index (χ1n) is 2.36. The molecule has 0 aromatic carbocycles. The Morgan fingerprint density at radius 2 is 2.56 bits per heavy atom. The summed E-state index contributed by atoms with van der Waals surface area (Å²) in [6.45, 7) is 1.85. The maximum Gasteiger partial charge on any atom is 0.362 e. The van der Waals surface area contributed by atoms with E-state index >= 15 is 0 Å². The molecule has 9 heavy (non-hydrogen) atoms. The molecule has 1 heterocycles. The monoisotopic (exact) mass is 240 g/mol. The van der Waals surface area contributed by atoms with Crippen LogP contribution in [0.5, 0.6) is 0 Å². The largest absolute Gasteiger partial charge is 0.362 e. The zero-order chi connectivity index (χ0) is 6.85. The molecule has 1 aromatic rings. The Morgan fingerprint density at radius 3 is 2.78 bits per heavy atom. The van der Waals surface area contributed by atoms with Crippen molar-refractivity contribution in [3.05, 3.63) is 10.5 Å². The third kappa shape index (κ3) is 1.29. The Labute approximate surface area is 64.6 Å². The maximum atomic E-state index is 10.6. The summed E-state index contributed by atoms with van der Waals surface area (Å²) in [7, 11) is 0. The van der Waals surface area contributed by atoms with Gasteiger partial charge in [-0.1, -0.05) is 22.6 Å². The van der Waals surface area contributed by atoms with Gasteiger partial charge in [0, 0.05) is 0 Å². The van der Waals surface area contributed by atoms with E-state index in [4.69, 9.17) is 0 Å². The van der Waals surface area contributed by atoms with Gasteiger partial charge in [-0.3, -0.25) is 0 Å². The SMILES string of the molecule is CC(I)n1nn[nH]c1=O. The summed E-state index contributed by atoms with van der Waals surface area (Å²) < 4.78 is 1.31. The summed E-state index contributed by atoms with van der Waals surface area (Å²) in [5.74, 6) is 0.